The molecule has 2 atom stereocenters. The summed E-state index contributed by atoms with van der Waals surface area (Å²) >= 11 is 1.33. The summed E-state index contributed by atoms with van der Waals surface area (Å²) in [6.45, 7) is 1.84. The molecule has 1 aromatic carbocycles. The smallest absolute Gasteiger partial charge is 0.280 e. The molecule has 194 valence electrons. The number of oxime groups is 1. The number of aromatic nitrogens is 1. The number of hydrogen-bond acceptors (Lipinski definition) is 9. The Morgan fingerprint density at radius 3 is 2.61 bits per heavy atom. The Bertz CT molecular complexity index is 1120. The molecule has 0 bridgehead atoms. The largest absolute Gasteiger partial charge is 0.389 e. The lowest BCUT2D eigenvalue weighted by atomic mass is 10.1. The zero-order chi connectivity index (χ0) is 25.7. The zero-order valence-corrected chi connectivity index (χ0v) is 22.3. The van der Waals surface area contributed by atoms with E-state index in [9.17, 15) is 13.8 Å². The van der Waals surface area contributed by atoms with Crippen molar-refractivity contribution in [2.24, 2.45) is 5.16 Å². The molecule has 36 heavy (non-hydrogen) atoms. The normalized spacial score (nSPS) is 18.8. The first kappa shape index (κ1) is 26.4. The van der Waals surface area contributed by atoms with Gasteiger partial charge in [-0.1, -0.05) is 17.3 Å². The molecule has 1 aliphatic heterocycles. The van der Waals surface area contributed by atoms with Gasteiger partial charge in [0.1, 0.15) is 0 Å². The van der Waals surface area contributed by atoms with E-state index < -0.39 is 16.7 Å². The second kappa shape index (κ2) is 12.0. The molecule has 1 saturated heterocycles. The minimum Gasteiger partial charge on any atom is -0.389 e. The van der Waals surface area contributed by atoms with Crippen LogP contribution >= 0.6 is 11.3 Å². The van der Waals surface area contributed by atoms with Gasteiger partial charge in [0, 0.05) is 53.8 Å². The summed E-state index contributed by atoms with van der Waals surface area (Å²) < 4.78 is 17.8. The standard InChI is InChI=1S/C24H31N5O5S2/c1-28(2)21(30)14-29(3)13-18-12-25-24(35-18)26-23(31)22(27-34-17-10-11-33-15-17)16-4-6-19(7-5-16)36(32)20-8-9-20/h4-7,12,17,20H,8-11,13-15H2,1-3H3,(H,25,26,31)/b27-22+/t17-,36?/m1/s1. The van der Waals surface area contributed by atoms with Crippen molar-refractivity contribution >= 4 is 44.8 Å². The van der Waals surface area contributed by atoms with Crippen LogP contribution in [-0.2, 0) is 36.5 Å². The number of anilines is 1. The molecule has 2 amide bonds. The average molecular weight is 534 g/mol. The maximum Gasteiger partial charge on any atom is 0.280 e. The summed E-state index contributed by atoms with van der Waals surface area (Å²) in [4.78, 5) is 40.1. The predicted octanol–water partition coefficient (Wildman–Crippen LogP) is 2.08. The molecule has 1 aromatic heterocycles. The highest BCUT2D eigenvalue weighted by Gasteiger charge is 2.29. The molecule has 10 nitrogen and oxygen atoms in total. The molecule has 1 unspecified atom stereocenters. The molecule has 0 radical (unpaired) electrons. The third-order valence-corrected chi connectivity index (χ3v) is 8.40. The number of carbonyl (C=O) groups is 2. The van der Waals surface area contributed by atoms with Crippen molar-refractivity contribution in [3.05, 3.63) is 40.9 Å². The summed E-state index contributed by atoms with van der Waals surface area (Å²) in [6, 6.07) is 7.04. The van der Waals surface area contributed by atoms with Crippen LogP contribution in [0.2, 0.25) is 0 Å². The number of nitrogens with one attached hydrogen (secondary N) is 1. The summed E-state index contributed by atoms with van der Waals surface area (Å²) in [5.74, 6) is -0.446. The highest BCUT2D eigenvalue weighted by molar-refractivity contribution is 7.86. The van der Waals surface area contributed by atoms with Crippen LogP contribution in [0.15, 0.2) is 40.5 Å². The van der Waals surface area contributed by atoms with Crippen LogP contribution in [-0.4, -0.2) is 88.8 Å². The zero-order valence-electron chi connectivity index (χ0n) is 20.6. The third kappa shape index (κ3) is 7.19. The summed E-state index contributed by atoms with van der Waals surface area (Å²) in [7, 11) is 4.27. The van der Waals surface area contributed by atoms with Gasteiger partial charge in [-0.25, -0.2) is 4.98 Å². The van der Waals surface area contributed by atoms with Gasteiger partial charge in [-0.05, 0) is 32.0 Å². The van der Waals surface area contributed by atoms with Gasteiger partial charge in [0.25, 0.3) is 5.91 Å². The lowest BCUT2D eigenvalue weighted by Gasteiger charge is -2.17. The predicted molar refractivity (Wildman–Crippen MR) is 138 cm³/mol. The number of benzene rings is 1. The molecule has 12 heteroatoms. The Kier molecular flexibility index (Phi) is 8.83. The Morgan fingerprint density at radius 1 is 1.22 bits per heavy atom. The fourth-order valence-electron chi connectivity index (χ4n) is 3.46. The Balaban J connectivity index is 1.44. The van der Waals surface area contributed by atoms with Gasteiger partial charge in [-0.3, -0.25) is 24.0 Å². The number of carbonyl (C=O) groups excluding carboxylic acids is 2. The van der Waals surface area contributed by atoms with E-state index in [1.807, 2.05) is 11.9 Å². The molecule has 1 N–H and O–H groups in total. The first-order chi connectivity index (χ1) is 17.3. The van der Waals surface area contributed by atoms with E-state index in [-0.39, 0.29) is 29.5 Å². The second-order valence-corrected chi connectivity index (χ2v) is 11.9. The van der Waals surface area contributed by atoms with Crippen molar-refractivity contribution in [1.29, 1.82) is 0 Å². The molecule has 4 rings (SSSR count). The van der Waals surface area contributed by atoms with Crippen LogP contribution < -0.4 is 5.32 Å². The SMILES string of the molecule is CN(CC(=O)N(C)C)Cc1cnc(NC(=O)/C(=N/O[C@@H]2CCOC2)c2ccc(S(=O)C3CC3)cc2)s1. The van der Waals surface area contributed by atoms with Gasteiger partial charge in [0.2, 0.25) is 5.91 Å². The Hall–Kier alpha value is -2.67. The number of rotatable bonds is 11. The lowest BCUT2D eigenvalue weighted by molar-refractivity contribution is -0.129. The van der Waals surface area contributed by atoms with Gasteiger partial charge < -0.3 is 14.5 Å². The van der Waals surface area contributed by atoms with Crippen molar-refractivity contribution in [1.82, 2.24) is 14.8 Å². The van der Waals surface area contributed by atoms with E-state index >= 15 is 0 Å². The molecular weight excluding hydrogens is 502 g/mol. The molecular formula is C24H31N5O5S2. The molecule has 0 spiro atoms. The van der Waals surface area contributed by atoms with E-state index in [0.717, 1.165) is 22.6 Å². The summed E-state index contributed by atoms with van der Waals surface area (Å²) in [6.07, 6.45) is 4.15. The molecule has 2 heterocycles. The minimum atomic E-state index is -1.03. The van der Waals surface area contributed by atoms with Crippen molar-refractivity contribution < 1.29 is 23.4 Å². The quantitative estimate of drug-likeness (QED) is 0.348. The Labute approximate surface area is 217 Å². The molecule has 1 aliphatic carbocycles. The van der Waals surface area contributed by atoms with Gasteiger partial charge >= 0.3 is 0 Å². The second-order valence-electron chi connectivity index (χ2n) is 9.10. The highest BCUT2D eigenvalue weighted by atomic mass is 32.2. The Morgan fingerprint density at radius 2 is 1.97 bits per heavy atom. The van der Waals surface area contributed by atoms with E-state index in [1.165, 1.54) is 11.3 Å². The van der Waals surface area contributed by atoms with Crippen molar-refractivity contribution in [2.45, 2.75) is 42.1 Å². The number of thiazole rings is 1. The highest BCUT2D eigenvalue weighted by Crippen LogP contribution is 2.30. The molecule has 1 saturated carbocycles. The summed E-state index contributed by atoms with van der Waals surface area (Å²) in [5.41, 5.74) is 0.665. The maximum absolute atomic E-state index is 13.2. The van der Waals surface area contributed by atoms with Gasteiger partial charge in [0.05, 0.1) is 30.6 Å². The van der Waals surface area contributed by atoms with Crippen LogP contribution in [0.4, 0.5) is 5.13 Å². The van der Waals surface area contributed by atoms with E-state index in [1.54, 1.807) is 49.5 Å². The van der Waals surface area contributed by atoms with Crippen LogP contribution in [0, 0.1) is 0 Å². The molecule has 2 fully saturated rings. The first-order valence-electron chi connectivity index (χ1n) is 11.8. The summed E-state index contributed by atoms with van der Waals surface area (Å²) in [5, 5.41) is 7.64. The lowest BCUT2D eigenvalue weighted by Crippen LogP contribution is -2.33. The number of likely N-dealkylation sites (N-methyl/N-ethyl adjacent to an activating group) is 2. The third-order valence-electron chi connectivity index (χ3n) is 5.69. The van der Waals surface area contributed by atoms with Crippen molar-refractivity contribution in [2.75, 3.05) is 46.2 Å². The van der Waals surface area contributed by atoms with E-state index in [0.29, 0.717) is 36.9 Å². The number of hydrogen-bond donors (Lipinski definition) is 1. The van der Waals surface area contributed by atoms with E-state index in [4.69, 9.17) is 9.57 Å². The number of ether oxygens (including phenoxy) is 1. The fourth-order valence-corrected chi connectivity index (χ4v) is 5.70. The van der Waals surface area contributed by atoms with Gasteiger partial charge in [0.15, 0.2) is 16.9 Å². The van der Waals surface area contributed by atoms with E-state index in [2.05, 4.69) is 15.5 Å². The van der Waals surface area contributed by atoms with Crippen LogP contribution in [0.3, 0.4) is 0 Å². The molecule has 2 aromatic rings. The maximum atomic E-state index is 13.2. The van der Waals surface area contributed by atoms with Gasteiger partial charge in [-0.2, -0.15) is 0 Å². The van der Waals surface area contributed by atoms with Crippen molar-refractivity contribution in [3.8, 4) is 0 Å². The van der Waals surface area contributed by atoms with Crippen LogP contribution in [0.5, 0.6) is 0 Å². The topological polar surface area (TPSA) is 113 Å². The number of nitrogens with zero attached hydrogens (tertiary/aromatic N) is 4. The average Bonchev–Trinajstić information content (AvgIpc) is 3.40. The first-order valence-corrected chi connectivity index (χ1v) is 13.8. The van der Waals surface area contributed by atoms with Crippen LogP contribution in [0.25, 0.3) is 0 Å². The van der Waals surface area contributed by atoms with Crippen molar-refractivity contribution in [3.63, 3.8) is 0 Å². The molecule has 2 aliphatic rings. The number of amides is 2. The monoisotopic (exact) mass is 533 g/mol. The van der Waals surface area contributed by atoms with Crippen LogP contribution in [0.1, 0.15) is 29.7 Å². The minimum absolute atomic E-state index is 0.0102. The van der Waals surface area contributed by atoms with Gasteiger partial charge in [-0.15, -0.1) is 11.3 Å². The fraction of sp³-hybridized carbons (Fsp3) is 0.500.